The molecule has 0 unspecified atom stereocenters. The highest BCUT2D eigenvalue weighted by molar-refractivity contribution is 7.80. The molecule has 7 heteroatoms. The second-order valence-electron chi connectivity index (χ2n) is 9.52. The summed E-state index contributed by atoms with van der Waals surface area (Å²) in [6.07, 6.45) is 6.39. The van der Waals surface area contributed by atoms with Gasteiger partial charge in [-0.1, -0.05) is 43.2 Å². The van der Waals surface area contributed by atoms with Crippen LogP contribution < -0.4 is 20.4 Å². The van der Waals surface area contributed by atoms with Gasteiger partial charge in [0.1, 0.15) is 11.6 Å². The summed E-state index contributed by atoms with van der Waals surface area (Å²) in [5.41, 5.74) is 3.34. The molecule has 1 saturated heterocycles. The van der Waals surface area contributed by atoms with Crippen LogP contribution in [0.4, 0.5) is 21.6 Å². The van der Waals surface area contributed by atoms with Crippen LogP contribution in [0.2, 0.25) is 0 Å². The van der Waals surface area contributed by atoms with Crippen molar-refractivity contribution in [1.29, 1.82) is 0 Å². The fourth-order valence-electron chi connectivity index (χ4n) is 5.33. The van der Waals surface area contributed by atoms with Crippen molar-refractivity contribution in [2.45, 2.75) is 31.1 Å². The predicted octanol–water partition coefficient (Wildman–Crippen LogP) is 5.35. The maximum Gasteiger partial charge on any atom is 0.170 e. The first-order chi connectivity index (χ1) is 17.1. The van der Waals surface area contributed by atoms with Crippen LogP contribution in [0.1, 0.15) is 31.2 Å². The minimum atomic E-state index is -0.193. The fraction of sp³-hybridized carbons (Fsp3) is 0.357. The highest BCUT2D eigenvalue weighted by Crippen LogP contribution is 2.40. The molecule has 0 spiro atoms. The second kappa shape index (κ2) is 10.6. The molecule has 2 N–H and O–H groups in total. The van der Waals surface area contributed by atoms with Crippen LogP contribution in [0.25, 0.3) is 0 Å². The third-order valence-electron chi connectivity index (χ3n) is 7.34. The van der Waals surface area contributed by atoms with Crippen molar-refractivity contribution in [3.8, 4) is 0 Å². The Morgan fingerprint density at radius 3 is 2.23 bits per heavy atom. The lowest BCUT2D eigenvalue weighted by molar-refractivity contribution is 0.434. The van der Waals surface area contributed by atoms with Crippen LogP contribution in [0, 0.1) is 5.82 Å². The van der Waals surface area contributed by atoms with Crippen LogP contribution >= 0.6 is 12.2 Å². The van der Waals surface area contributed by atoms with Gasteiger partial charge in [0.05, 0.1) is 11.9 Å². The van der Waals surface area contributed by atoms with Crippen molar-refractivity contribution in [3.63, 3.8) is 0 Å². The molecule has 182 valence electrons. The summed E-state index contributed by atoms with van der Waals surface area (Å²) in [4.78, 5) is 9.42. The Morgan fingerprint density at radius 2 is 1.57 bits per heavy atom. The van der Waals surface area contributed by atoms with Crippen molar-refractivity contribution >= 4 is 34.5 Å². The quantitative estimate of drug-likeness (QED) is 0.456. The lowest BCUT2D eigenvalue weighted by atomic mass is 9.79. The minimum absolute atomic E-state index is 0.00341. The van der Waals surface area contributed by atoms with E-state index in [-0.39, 0.29) is 11.2 Å². The number of halogens is 1. The van der Waals surface area contributed by atoms with Gasteiger partial charge in [-0.15, -0.1) is 0 Å². The van der Waals surface area contributed by atoms with Gasteiger partial charge in [0.2, 0.25) is 0 Å². The number of hydrogen-bond donors (Lipinski definition) is 2. The normalized spacial score (nSPS) is 17.3. The first kappa shape index (κ1) is 23.5. The molecule has 0 amide bonds. The molecule has 35 heavy (non-hydrogen) atoms. The van der Waals surface area contributed by atoms with Gasteiger partial charge in [0.15, 0.2) is 5.11 Å². The van der Waals surface area contributed by atoms with Crippen molar-refractivity contribution < 1.29 is 4.39 Å². The predicted molar refractivity (Wildman–Crippen MR) is 146 cm³/mol. The maximum atomic E-state index is 13.4. The van der Waals surface area contributed by atoms with E-state index < -0.39 is 0 Å². The van der Waals surface area contributed by atoms with E-state index in [1.54, 1.807) is 12.1 Å². The number of hydrogen-bond acceptors (Lipinski definition) is 4. The van der Waals surface area contributed by atoms with Gasteiger partial charge in [0, 0.05) is 43.8 Å². The molecule has 1 aliphatic heterocycles. The zero-order valence-corrected chi connectivity index (χ0v) is 20.7. The largest absolute Gasteiger partial charge is 0.368 e. The third-order valence-corrected chi connectivity index (χ3v) is 7.58. The SMILES string of the molecule is Fc1ccc(C2(CNC(=S)Nc3ccc(N4CCN(c5ccccc5)CC4)nc3)CCCC2)cc1. The number of para-hydroxylation sites is 1. The van der Waals surface area contributed by atoms with E-state index in [4.69, 9.17) is 12.2 Å². The number of anilines is 3. The lowest BCUT2D eigenvalue weighted by Gasteiger charge is -2.36. The molecular formula is C28H32FN5S. The summed E-state index contributed by atoms with van der Waals surface area (Å²) in [5, 5.41) is 7.27. The third kappa shape index (κ3) is 5.56. The Bertz CT molecular complexity index is 1110. The summed E-state index contributed by atoms with van der Waals surface area (Å²) < 4.78 is 13.4. The lowest BCUT2D eigenvalue weighted by Crippen LogP contribution is -2.46. The van der Waals surface area contributed by atoms with Crippen LogP contribution in [-0.4, -0.2) is 42.8 Å². The van der Waals surface area contributed by atoms with E-state index in [0.29, 0.717) is 5.11 Å². The van der Waals surface area contributed by atoms with Gasteiger partial charge in [-0.2, -0.15) is 0 Å². The Labute approximate surface area is 212 Å². The summed E-state index contributed by atoms with van der Waals surface area (Å²) in [6.45, 7) is 4.59. The van der Waals surface area contributed by atoms with E-state index in [9.17, 15) is 4.39 Å². The standard InChI is InChI=1S/C28H32FN5S/c29-23-10-8-22(9-11-23)28(14-4-5-15-28)21-31-27(35)32-24-12-13-26(30-20-24)34-18-16-33(17-19-34)25-6-2-1-3-7-25/h1-3,6-13,20H,4-5,14-19,21H2,(H2,31,32,35). The molecule has 0 atom stereocenters. The Hall–Kier alpha value is -3.19. The van der Waals surface area contributed by atoms with E-state index in [1.165, 1.54) is 24.1 Å². The highest BCUT2D eigenvalue weighted by atomic mass is 32.1. The summed E-state index contributed by atoms with van der Waals surface area (Å²) in [6, 6.07) is 21.6. The number of piperazine rings is 1. The average molecular weight is 490 g/mol. The average Bonchev–Trinajstić information content (AvgIpc) is 3.39. The molecule has 0 bridgehead atoms. The Morgan fingerprint density at radius 1 is 0.886 bits per heavy atom. The van der Waals surface area contributed by atoms with Crippen LogP contribution in [0.5, 0.6) is 0 Å². The summed E-state index contributed by atoms with van der Waals surface area (Å²) in [5.74, 6) is 0.796. The first-order valence-corrected chi connectivity index (χ1v) is 12.8. The number of rotatable bonds is 6. The van der Waals surface area contributed by atoms with E-state index in [0.717, 1.165) is 57.1 Å². The van der Waals surface area contributed by atoms with Crippen molar-refractivity contribution in [2.75, 3.05) is 47.8 Å². The molecule has 5 nitrogen and oxygen atoms in total. The van der Waals surface area contributed by atoms with Crippen LogP contribution in [-0.2, 0) is 5.41 Å². The molecule has 0 radical (unpaired) electrons. The van der Waals surface area contributed by atoms with Crippen molar-refractivity contribution in [3.05, 3.63) is 84.3 Å². The van der Waals surface area contributed by atoms with E-state index >= 15 is 0 Å². The van der Waals surface area contributed by atoms with Crippen LogP contribution in [0.15, 0.2) is 72.9 Å². The number of pyridine rings is 1. The molecular weight excluding hydrogens is 457 g/mol. The number of nitrogens with zero attached hydrogens (tertiary/aromatic N) is 3. The highest BCUT2D eigenvalue weighted by Gasteiger charge is 2.35. The maximum absolute atomic E-state index is 13.4. The van der Waals surface area contributed by atoms with Crippen LogP contribution in [0.3, 0.4) is 0 Å². The molecule has 2 fully saturated rings. The molecule has 2 aliphatic rings. The molecule has 3 aromatic rings. The van der Waals surface area contributed by atoms with Gasteiger partial charge in [0.25, 0.3) is 0 Å². The van der Waals surface area contributed by atoms with Gasteiger partial charge in [-0.25, -0.2) is 9.37 Å². The molecule has 1 aliphatic carbocycles. The van der Waals surface area contributed by atoms with Gasteiger partial charge < -0.3 is 20.4 Å². The molecule has 2 aromatic carbocycles. The fourth-order valence-corrected chi connectivity index (χ4v) is 5.52. The number of benzene rings is 2. The number of thiocarbonyl (C=S) groups is 1. The molecule has 1 aromatic heterocycles. The smallest absolute Gasteiger partial charge is 0.170 e. The second-order valence-corrected chi connectivity index (χ2v) is 9.92. The molecule has 1 saturated carbocycles. The minimum Gasteiger partial charge on any atom is -0.368 e. The number of nitrogens with one attached hydrogen (secondary N) is 2. The van der Waals surface area contributed by atoms with Gasteiger partial charge in [-0.3, -0.25) is 0 Å². The van der Waals surface area contributed by atoms with E-state index in [2.05, 4.69) is 61.8 Å². The monoisotopic (exact) mass is 489 g/mol. The summed E-state index contributed by atoms with van der Waals surface area (Å²) in [7, 11) is 0. The van der Waals surface area contributed by atoms with Gasteiger partial charge in [-0.05, 0) is 67.0 Å². The topological polar surface area (TPSA) is 43.4 Å². The molecule has 5 rings (SSSR count). The van der Waals surface area contributed by atoms with E-state index in [1.807, 2.05) is 24.4 Å². The van der Waals surface area contributed by atoms with Crippen molar-refractivity contribution in [2.24, 2.45) is 0 Å². The summed E-state index contributed by atoms with van der Waals surface area (Å²) >= 11 is 5.58. The van der Waals surface area contributed by atoms with Crippen molar-refractivity contribution in [1.82, 2.24) is 10.3 Å². The Balaban J connectivity index is 1.13. The zero-order chi connectivity index (χ0) is 24.1. The number of aromatic nitrogens is 1. The molecule has 2 heterocycles. The zero-order valence-electron chi connectivity index (χ0n) is 19.9. The van der Waals surface area contributed by atoms with Gasteiger partial charge >= 0.3 is 0 Å². The Kier molecular flexibility index (Phi) is 7.13. The first-order valence-electron chi connectivity index (χ1n) is 12.4.